The van der Waals surface area contributed by atoms with E-state index in [1.54, 1.807) is 12.1 Å². The van der Waals surface area contributed by atoms with Crippen LogP contribution in [0.15, 0.2) is 60.7 Å². The van der Waals surface area contributed by atoms with Crippen molar-refractivity contribution in [3.63, 3.8) is 0 Å². The molecule has 0 atom stereocenters. The number of carbonyl (C=O) groups is 1. The van der Waals surface area contributed by atoms with Crippen LogP contribution in [0.5, 0.6) is 17.2 Å². The Labute approximate surface area is 180 Å². The number of hydrogen-bond acceptors (Lipinski definition) is 5. The first-order chi connectivity index (χ1) is 15.0. The Hall–Kier alpha value is -4.00. The number of nitrogens with one attached hydrogen (secondary N) is 1. The van der Waals surface area contributed by atoms with Gasteiger partial charge in [-0.15, -0.1) is 0 Å². The number of anilines is 1. The van der Waals surface area contributed by atoms with Gasteiger partial charge in [-0.3, -0.25) is 4.79 Å². The molecule has 0 unspecified atom stereocenters. The molecule has 4 rings (SSSR count). The van der Waals surface area contributed by atoms with Crippen LogP contribution in [0.1, 0.15) is 10.4 Å². The fraction of sp³-hybridized carbons (Fsp3) is 0.167. The average Bonchev–Trinajstić information content (AvgIpc) is 3.15. The molecule has 4 aromatic rings. The van der Waals surface area contributed by atoms with Gasteiger partial charge in [-0.2, -0.15) is 0 Å². The van der Waals surface area contributed by atoms with Crippen LogP contribution in [0.3, 0.4) is 0 Å². The normalized spacial score (nSPS) is 10.7. The van der Waals surface area contributed by atoms with Crippen LogP contribution in [0.4, 0.5) is 5.69 Å². The third-order valence-corrected chi connectivity index (χ3v) is 5.12. The van der Waals surface area contributed by atoms with Gasteiger partial charge in [-0.25, -0.2) is 4.98 Å². The van der Waals surface area contributed by atoms with Gasteiger partial charge in [0.05, 0.1) is 32.4 Å². The number of nitrogens with zero attached hydrogens (tertiary/aromatic N) is 2. The molecular weight excluding hydrogens is 394 g/mol. The summed E-state index contributed by atoms with van der Waals surface area (Å²) in [5.41, 5.74) is 4.04. The first-order valence-corrected chi connectivity index (χ1v) is 9.69. The molecule has 0 aliphatic carbocycles. The Bertz CT molecular complexity index is 1220. The van der Waals surface area contributed by atoms with Crippen LogP contribution in [0.25, 0.3) is 22.4 Å². The number of aromatic nitrogens is 2. The highest BCUT2D eigenvalue weighted by Gasteiger charge is 2.17. The van der Waals surface area contributed by atoms with E-state index < -0.39 is 0 Å². The van der Waals surface area contributed by atoms with E-state index in [1.165, 1.54) is 21.3 Å². The molecule has 7 heteroatoms. The number of aryl methyl sites for hydroxylation is 1. The van der Waals surface area contributed by atoms with Gasteiger partial charge in [0, 0.05) is 23.9 Å². The lowest BCUT2D eigenvalue weighted by atomic mass is 10.1. The molecule has 7 nitrogen and oxygen atoms in total. The van der Waals surface area contributed by atoms with Crippen molar-refractivity contribution in [3.8, 4) is 28.6 Å². The quantitative estimate of drug-likeness (QED) is 0.499. The summed E-state index contributed by atoms with van der Waals surface area (Å²) >= 11 is 0. The van der Waals surface area contributed by atoms with Crippen molar-refractivity contribution in [3.05, 3.63) is 66.2 Å². The smallest absolute Gasteiger partial charge is 0.255 e. The molecule has 0 fully saturated rings. The first-order valence-electron chi connectivity index (χ1n) is 9.69. The van der Waals surface area contributed by atoms with Crippen molar-refractivity contribution < 1.29 is 19.0 Å². The Morgan fingerprint density at radius 2 is 1.55 bits per heavy atom. The second kappa shape index (κ2) is 8.39. The van der Waals surface area contributed by atoms with Gasteiger partial charge in [0.2, 0.25) is 5.75 Å². The molecule has 0 aliphatic rings. The van der Waals surface area contributed by atoms with Crippen molar-refractivity contribution in [2.45, 2.75) is 0 Å². The molecule has 0 saturated carbocycles. The van der Waals surface area contributed by atoms with Crippen LogP contribution in [-0.4, -0.2) is 36.8 Å². The summed E-state index contributed by atoms with van der Waals surface area (Å²) in [6.07, 6.45) is 0. The number of fused-ring (bicyclic) bond motifs is 1. The number of carbonyl (C=O) groups excluding carboxylic acids is 1. The summed E-state index contributed by atoms with van der Waals surface area (Å²) in [7, 11) is 6.54. The van der Waals surface area contributed by atoms with E-state index in [0.29, 0.717) is 28.5 Å². The maximum atomic E-state index is 12.8. The standard InChI is InChI=1S/C24H23N3O4/c1-27-19-8-6-5-7-18(19)26-23(27)15-9-11-17(12-10-15)25-24(28)16-13-20(29-2)22(31-4)21(14-16)30-3/h5-14H,1-4H3,(H,25,28). The molecule has 31 heavy (non-hydrogen) atoms. The molecule has 1 N–H and O–H groups in total. The van der Waals surface area contributed by atoms with Crippen molar-refractivity contribution in [2.75, 3.05) is 26.6 Å². The van der Waals surface area contributed by atoms with E-state index in [2.05, 4.69) is 9.88 Å². The van der Waals surface area contributed by atoms with Gasteiger partial charge in [0.15, 0.2) is 11.5 Å². The zero-order valence-corrected chi connectivity index (χ0v) is 17.8. The van der Waals surface area contributed by atoms with E-state index in [0.717, 1.165) is 22.4 Å². The molecule has 0 radical (unpaired) electrons. The molecule has 0 bridgehead atoms. The maximum Gasteiger partial charge on any atom is 0.255 e. The Kier molecular flexibility index (Phi) is 5.49. The molecule has 0 aliphatic heterocycles. The molecule has 0 saturated heterocycles. The summed E-state index contributed by atoms with van der Waals surface area (Å²) in [5.74, 6) is 1.86. The van der Waals surface area contributed by atoms with Crippen LogP contribution in [-0.2, 0) is 7.05 Å². The Balaban J connectivity index is 1.58. The van der Waals surface area contributed by atoms with Crippen molar-refractivity contribution in [1.82, 2.24) is 9.55 Å². The average molecular weight is 417 g/mol. The molecule has 3 aromatic carbocycles. The van der Waals surface area contributed by atoms with Crippen LogP contribution < -0.4 is 19.5 Å². The lowest BCUT2D eigenvalue weighted by Gasteiger charge is -2.14. The largest absolute Gasteiger partial charge is 0.493 e. The van der Waals surface area contributed by atoms with Crippen molar-refractivity contribution >= 4 is 22.6 Å². The minimum Gasteiger partial charge on any atom is -0.493 e. The predicted octanol–water partition coefficient (Wildman–Crippen LogP) is 4.52. The topological polar surface area (TPSA) is 74.6 Å². The number of ether oxygens (including phenoxy) is 3. The van der Waals surface area contributed by atoms with E-state index in [-0.39, 0.29) is 5.91 Å². The fourth-order valence-corrected chi connectivity index (χ4v) is 3.52. The number of rotatable bonds is 6. The van der Waals surface area contributed by atoms with Gasteiger partial charge in [-0.05, 0) is 48.5 Å². The lowest BCUT2D eigenvalue weighted by Crippen LogP contribution is -2.12. The number of methoxy groups -OCH3 is 3. The Morgan fingerprint density at radius 3 is 2.13 bits per heavy atom. The molecule has 158 valence electrons. The number of para-hydroxylation sites is 2. The number of hydrogen-bond donors (Lipinski definition) is 1. The summed E-state index contributed by atoms with van der Waals surface area (Å²) in [4.78, 5) is 17.5. The molecule has 1 heterocycles. The highest BCUT2D eigenvalue weighted by atomic mass is 16.5. The second-order valence-electron chi connectivity index (χ2n) is 6.93. The van der Waals surface area contributed by atoms with E-state index in [9.17, 15) is 4.79 Å². The van der Waals surface area contributed by atoms with E-state index in [4.69, 9.17) is 19.2 Å². The molecule has 1 aromatic heterocycles. The SMILES string of the molecule is COc1cc(C(=O)Nc2ccc(-c3nc4ccccc4n3C)cc2)cc(OC)c1OC. The van der Waals surface area contributed by atoms with Gasteiger partial charge >= 0.3 is 0 Å². The molecular formula is C24H23N3O4. The third-order valence-electron chi connectivity index (χ3n) is 5.12. The fourth-order valence-electron chi connectivity index (χ4n) is 3.52. The number of benzene rings is 3. The number of amides is 1. The summed E-state index contributed by atoms with van der Waals surface area (Å²) in [6, 6.07) is 18.8. The van der Waals surface area contributed by atoms with Crippen LogP contribution >= 0.6 is 0 Å². The van der Waals surface area contributed by atoms with Gasteiger partial charge in [0.25, 0.3) is 5.91 Å². The zero-order chi connectivity index (χ0) is 22.0. The summed E-state index contributed by atoms with van der Waals surface area (Å²) < 4.78 is 18.0. The van der Waals surface area contributed by atoms with E-state index >= 15 is 0 Å². The Morgan fingerprint density at radius 1 is 0.903 bits per heavy atom. The second-order valence-corrected chi connectivity index (χ2v) is 6.93. The predicted molar refractivity (Wildman–Crippen MR) is 120 cm³/mol. The minimum absolute atomic E-state index is 0.283. The number of imidazole rings is 1. The first kappa shape index (κ1) is 20.3. The molecule has 1 amide bonds. The maximum absolute atomic E-state index is 12.8. The minimum atomic E-state index is -0.283. The third kappa shape index (κ3) is 3.77. The van der Waals surface area contributed by atoms with Crippen LogP contribution in [0, 0.1) is 0 Å². The van der Waals surface area contributed by atoms with Gasteiger partial charge < -0.3 is 24.1 Å². The van der Waals surface area contributed by atoms with E-state index in [1.807, 2.05) is 55.6 Å². The lowest BCUT2D eigenvalue weighted by molar-refractivity contribution is 0.102. The highest BCUT2D eigenvalue weighted by molar-refractivity contribution is 6.05. The summed E-state index contributed by atoms with van der Waals surface area (Å²) in [5, 5.41) is 2.90. The van der Waals surface area contributed by atoms with Gasteiger partial charge in [-0.1, -0.05) is 12.1 Å². The van der Waals surface area contributed by atoms with Crippen LogP contribution in [0.2, 0.25) is 0 Å². The van der Waals surface area contributed by atoms with Crippen molar-refractivity contribution in [1.29, 1.82) is 0 Å². The molecule has 0 spiro atoms. The summed E-state index contributed by atoms with van der Waals surface area (Å²) in [6.45, 7) is 0. The zero-order valence-electron chi connectivity index (χ0n) is 17.8. The van der Waals surface area contributed by atoms with Gasteiger partial charge in [0.1, 0.15) is 5.82 Å². The van der Waals surface area contributed by atoms with Crippen molar-refractivity contribution in [2.24, 2.45) is 7.05 Å². The monoisotopic (exact) mass is 417 g/mol. The highest BCUT2D eigenvalue weighted by Crippen LogP contribution is 2.38.